The molecule has 0 spiro atoms. The van der Waals surface area contributed by atoms with Crippen LogP contribution in [-0.2, 0) is 4.74 Å². The van der Waals surface area contributed by atoms with Crippen LogP contribution in [0.1, 0.15) is 43.1 Å². The molecule has 1 aromatic rings. The highest BCUT2D eigenvalue weighted by molar-refractivity contribution is 7.80. The van der Waals surface area contributed by atoms with Gasteiger partial charge in [-0.1, -0.05) is 11.6 Å². The fourth-order valence-electron chi connectivity index (χ4n) is 2.53. The fraction of sp³-hybridized carbons (Fsp3) is 0.571. The van der Waals surface area contributed by atoms with Crippen LogP contribution in [0, 0.1) is 5.13 Å². The maximum Gasteiger partial charge on any atom is 0.201 e. The smallest absolute Gasteiger partial charge is 0.201 e. The summed E-state index contributed by atoms with van der Waals surface area (Å²) in [7, 11) is 0. The molecule has 4 nitrogen and oxygen atoms in total. The number of anilines is 1. The number of nitrogens with zero attached hydrogens (tertiary/aromatic N) is 2. The van der Waals surface area contributed by atoms with Crippen LogP contribution in [0.25, 0.3) is 0 Å². The third-order valence-corrected chi connectivity index (χ3v) is 5.58. The molecule has 1 aromatic heterocycles. The molecule has 8 heteroatoms. The zero-order valence-electron chi connectivity index (χ0n) is 12.0. The Morgan fingerprint density at radius 2 is 2.36 bits per heavy atom. The number of thiophene rings is 1. The van der Waals surface area contributed by atoms with Crippen molar-refractivity contribution in [1.82, 2.24) is 5.01 Å². The Kier molecular flexibility index (Phi) is 5.28. The number of halogens is 2. The zero-order chi connectivity index (χ0) is 15.5. The van der Waals surface area contributed by atoms with Crippen LogP contribution in [-0.4, -0.2) is 29.5 Å². The summed E-state index contributed by atoms with van der Waals surface area (Å²) >= 11 is 12.7. The van der Waals surface area contributed by atoms with E-state index in [9.17, 15) is 4.39 Å². The van der Waals surface area contributed by atoms with Crippen molar-refractivity contribution in [3.05, 3.63) is 15.0 Å². The Hall–Kier alpha value is -0.760. The van der Waals surface area contributed by atoms with Gasteiger partial charge in [-0.3, -0.25) is 0 Å². The second-order valence-corrected chi connectivity index (χ2v) is 7.04. The number of rotatable bonds is 2. The molecular formula is C14H17ClFN3OS2. The van der Waals surface area contributed by atoms with E-state index in [1.807, 2.05) is 6.21 Å². The van der Waals surface area contributed by atoms with E-state index in [0.29, 0.717) is 16.7 Å². The first kappa shape index (κ1) is 16.1. The first-order valence-electron chi connectivity index (χ1n) is 7.37. The van der Waals surface area contributed by atoms with Gasteiger partial charge in [0.2, 0.25) is 5.13 Å². The van der Waals surface area contributed by atoms with Crippen molar-refractivity contribution < 1.29 is 9.13 Å². The van der Waals surface area contributed by atoms with Gasteiger partial charge in [0.1, 0.15) is 5.69 Å². The van der Waals surface area contributed by atoms with Crippen LogP contribution in [0.4, 0.5) is 10.1 Å². The molecule has 0 aliphatic carbocycles. The summed E-state index contributed by atoms with van der Waals surface area (Å²) < 4.78 is 20.0. The lowest BCUT2D eigenvalue weighted by Gasteiger charge is -2.23. The Bertz CT molecular complexity index is 587. The molecule has 1 unspecified atom stereocenters. The SMILES string of the molecule is Fc1sc(C2CCCCO2)c(Cl)c1NC(=S)N1CCCC=N1. The number of ether oxygens (including phenoxy) is 1. The van der Waals surface area contributed by atoms with E-state index in [0.717, 1.165) is 54.9 Å². The van der Waals surface area contributed by atoms with Gasteiger partial charge in [-0.05, 0) is 44.3 Å². The van der Waals surface area contributed by atoms with Gasteiger partial charge in [0, 0.05) is 19.4 Å². The topological polar surface area (TPSA) is 36.9 Å². The van der Waals surface area contributed by atoms with E-state index >= 15 is 0 Å². The monoisotopic (exact) mass is 361 g/mol. The molecule has 1 atom stereocenters. The highest BCUT2D eigenvalue weighted by atomic mass is 35.5. The van der Waals surface area contributed by atoms with E-state index < -0.39 is 0 Å². The van der Waals surface area contributed by atoms with E-state index in [4.69, 9.17) is 28.6 Å². The van der Waals surface area contributed by atoms with E-state index in [1.54, 1.807) is 5.01 Å². The summed E-state index contributed by atoms with van der Waals surface area (Å²) in [6, 6.07) is 0. The molecule has 3 rings (SSSR count). The van der Waals surface area contributed by atoms with Gasteiger partial charge < -0.3 is 10.1 Å². The van der Waals surface area contributed by atoms with Crippen molar-refractivity contribution in [2.75, 3.05) is 18.5 Å². The van der Waals surface area contributed by atoms with Crippen molar-refractivity contribution in [2.45, 2.75) is 38.2 Å². The van der Waals surface area contributed by atoms with Gasteiger partial charge in [-0.15, -0.1) is 11.3 Å². The highest BCUT2D eigenvalue weighted by Gasteiger charge is 2.26. The van der Waals surface area contributed by atoms with Gasteiger partial charge in [0.15, 0.2) is 5.11 Å². The normalized spacial score (nSPS) is 21.9. The molecule has 2 aliphatic heterocycles. The van der Waals surface area contributed by atoms with Crippen LogP contribution in [0.15, 0.2) is 5.10 Å². The fourth-order valence-corrected chi connectivity index (χ4v) is 4.15. The van der Waals surface area contributed by atoms with Gasteiger partial charge >= 0.3 is 0 Å². The first-order valence-corrected chi connectivity index (χ1v) is 8.97. The van der Waals surface area contributed by atoms with Crippen LogP contribution < -0.4 is 5.32 Å². The summed E-state index contributed by atoms with van der Waals surface area (Å²) in [5, 5.41) is 9.13. The first-order chi connectivity index (χ1) is 10.7. The molecule has 22 heavy (non-hydrogen) atoms. The summed E-state index contributed by atoms with van der Waals surface area (Å²) in [4.78, 5) is 0.742. The number of hydrazone groups is 1. The zero-order valence-corrected chi connectivity index (χ0v) is 14.4. The summed E-state index contributed by atoms with van der Waals surface area (Å²) in [6.45, 7) is 1.43. The number of thiocarbonyl (C=S) groups is 1. The lowest BCUT2D eigenvalue weighted by molar-refractivity contribution is 0.0173. The molecule has 0 amide bonds. The van der Waals surface area contributed by atoms with Crippen molar-refractivity contribution in [2.24, 2.45) is 5.10 Å². The predicted molar refractivity (Wildman–Crippen MR) is 92.5 cm³/mol. The van der Waals surface area contributed by atoms with E-state index in [1.165, 1.54) is 0 Å². The van der Waals surface area contributed by atoms with E-state index in [2.05, 4.69) is 10.4 Å². The average Bonchev–Trinajstić information content (AvgIpc) is 2.84. The number of hydrogen-bond acceptors (Lipinski definition) is 4. The molecule has 0 radical (unpaired) electrons. The third kappa shape index (κ3) is 3.42. The van der Waals surface area contributed by atoms with E-state index in [-0.39, 0.29) is 16.9 Å². The lowest BCUT2D eigenvalue weighted by atomic mass is 10.1. The van der Waals surface area contributed by atoms with Gasteiger partial charge in [0.05, 0.1) is 16.0 Å². The number of hydrogen-bond donors (Lipinski definition) is 1. The maximum atomic E-state index is 14.3. The van der Waals surface area contributed by atoms with Crippen molar-refractivity contribution in [3.8, 4) is 0 Å². The van der Waals surface area contributed by atoms with Crippen LogP contribution in [0.3, 0.4) is 0 Å². The molecule has 2 aliphatic rings. The van der Waals surface area contributed by atoms with Crippen molar-refractivity contribution in [3.63, 3.8) is 0 Å². The Morgan fingerprint density at radius 3 is 3.05 bits per heavy atom. The Labute approximate surface area is 143 Å². The van der Waals surface area contributed by atoms with Gasteiger partial charge in [0.25, 0.3) is 0 Å². The quantitative estimate of drug-likeness (QED) is 0.783. The van der Waals surface area contributed by atoms with Crippen LogP contribution in [0.2, 0.25) is 5.02 Å². The minimum absolute atomic E-state index is 0.113. The molecule has 0 bridgehead atoms. The second kappa shape index (κ2) is 7.21. The third-order valence-electron chi connectivity index (χ3n) is 3.69. The van der Waals surface area contributed by atoms with Crippen molar-refractivity contribution in [1.29, 1.82) is 0 Å². The minimum Gasteiger partial charge on any atom is -0.373 e. The standard InChI is InChI=1S/C14H17ClFN3OS2/c15-10-11(18-14(21)19-7-3-2-6-17-19)13(16)22-12(10)9-5-1-4-8-20-9/h6,9H,1-5,7-8H2,(H,18,21). The summed E-state index contributed by atoms with van der Waals surface area (Å²) in [6.07, 6.45) is 6.61. The van der Waals surface area contributed by atoms with Crippen LogP contribution in [0.5, 0.6) is 0 Å². The predicted octanol–water partition coefficient (Wildman–Crippen LogP) is 4.56. The average molecular weight is 362 g/mol. The second-order valence-electron chi connectivity index (χ2n) is 5.28. The molecule has 3 heterocycles. The Balaban J connectivity index is 1.76. The highest BCUT2D eigenvalue weighted by Crippen LogP contribution is 2.43. The molecule has 0 aromatic carbocycles. The van der Waals surface area contributed by atoms with Crippen molar-refractivity contribution >= 4 is 52.2 Å². The van der Waals surface area contributed by atoms with Crippen LogP contribution >= 0.6 is 35.2 Å². The van der Waals surface area contributed by atoms with Gasteiger partial charge in [-0.25, -0.2) is 5.01 Å². The van der Waals surface area contributed by atoms with Gasteiger partial charge in [-0.2, -0.15) is 9.49 Å². The maximum absolute atomic E-state index is 14.3. The minimum atomic E-state index is -0.363. The Morgan fingerprint density at radius 1 is 1.50 bits per heavy atom. The molecule has 120 valence electrons. The largest absolute Gasteiger partial charge is 0.373 e. The molecule has 0 saturated carbocycles. The summed E-state index contributed by atoms with van der Waals surface area (Å²) in [5.41, 5.74) is 0.238. The molecule has 1 saturated heterocycles. The molecular weight excluding hydrogens is 345 g/mol. The lowest BCUT2D eigenvalue weighted by Crippen LogP contribution is -2.33. The number of nitrogens with one attached hydrogen (secondary N) is 1. The molecule has 1 fully saturated rings. The summed E-state index contributed by atoms with van der Waals surface area (Å²) in [5.74, 6) is 0. The molecule has 1 N–H and O–H groups in total.